The highest BCUT2D eigenvalue weighted by molar-refractivity contribution is 9.10. The van der Waals surface area contributed by atoms with E-state index in [1.807, 2.05) is 13.0 Å². The summed E-state index contributed by atoms with van der Waals surface area (Å²) in [7, 11) is 0. The third-order valence-electron chi connectivity index (χ3n) is 3.73. The molecule has 0 aromatic heterocycles. The van der Waals surface area contributed by atoms with Gasteiger partial charge in [-0.3, -0.25) is 30.0 Å². The lowest BCUT2D eigenvalue weighted by Crippen LogP contribution is -2.43. The standard InChI is InChI=1S/C20H20BrN3O5/c1-13-11-15(21)7-8-16(13)22-17(25)9-10-19(27)29-12-18(26)23-24-20(28)14-5-3-2-4-6-14/h2-8,11H,9-10,12H2,1H3,(H,22,25)(H,23,26)(H,24,28). The number of halogens is 1. The predicted molar refractivity (Wildman–Crippen MR) is 110 cm³/mol. The lowest BCUT2D eigenvalue weighted by molar-refractivity contribution is -0.149. The van der Waals surface area contributed by atoms with Crippen molar-refractivity contribution in [2.45, 2.75) is 19.8 Å². The maximum absolute atomic E-state index is 11.9. The largest absolute Gasteiger partial charge is 0.455 e. The number of carbonyl (C=O) groups excluding carboxylic acids is 4. The Morgan fingerprint density at radius 1 is 0.931 bits per heavy atom. The van der Waals surface area contributed by atoms with Crippen LogP contribution >= 0.6 is 15.9 Å². The minimum Gasteiger partial charge on any atom is -0.455 e. The Morgan fingerprint density at radius 2 is 1.66 bits per heavy atom. The summed E-state index contributed by atoms with van der Waals surface area (Å²) < 4.78 is 5.69. The smallest absolute Gasteiger partial charge is 0.306 e. The van der Waals surface area contributed by atoms with Crippen LogP contribution in [0.1, 0.15) is 28.8 Å². The first kappa shape index (κ1) is 22.1. The molecule has 0 saturated heterocycles. The number of rotatable bonds is 7. The number of hydrazine groups is 1. The molecule has 0 heterocycles. The first-order valence-corrected chi connectivity index (χ1v) is 9.50. The molecule has 29 heavy (non-hydrogen) atoms. The van der Waals surface area contributed by atoms with Gasteiger partial charge in [0.05, 0.1) is 6.42 Å². The van der Waals surface area contributed by atoms with Gasteiger partial charge in [0.15, 0.2) is 6.61 Å². The van der Waals surface area contributed by atoms with Crippen LogP contribution in [0.15, 0.2) is 53.0 Å². The van der Waals surface area contributed by atoms with Crippen LogP contribution in [0.4, 0.5) is 5.69 Å². The Balaban J connectivity index is 1.65. The third-order valence-corrected chi connectivity index (χ3v) is 4.23. The average molecular weight is 462 g/mol. The fraction of sp³-hybridized carbons (Fsp3) is 0.200. The van der Waals surface area contributed by atoms with Crippen LogP contribution in [-0.2, 0) is 19.1 Å². The van der Waals surface area contributed by atoms with Crippen molar-refractivity contribution in [2.75, 3.05) is 11.9 Å². The molecule has 0 aliphatic heterocycles. The summed E-state index contributed by atoms with van der Waals surface area (Å²) in [5, 5.41) is 2.71. The number of nitrogens with one attached hydrogen (secondary N) is 3. The fourth-order valence-electron chi connectivity index (χ4n) is 2.24. The summed E-state index contributed by atoms with van der Waals surface area (Å²) in [5.74, 6) is -2.23. The van der Waals surface area contributed by atoms with Crippen LogP contribution in [-0.4, -0.2) is 30.3 Å². The van der Waals surface area contributed by atoms with Crippen LogP contribution in [0, 0.1) is 6.92 Å². The molecule has 2 aromatic rings. The van der Waals surface area contributed by atoms with Crippen molar-refractivity contribution in [3.63, 3.8) is 0 Å². The van der Waals surface area contributed by atoms with E-state index >= 15 is 0 Å². The molecule has 3 N–H and O–H groups in total. The van der Waals surface area contributed by atoms with Crippen molar-refractivity contribution in [3.05, 3.63) is 64.1 Å². The molecule has 0 saturated carbocycles. The zero-order valence-electron chi connectivity index (χ0n) is 15.7. The fourth-order valence-corrected chi connectivity index (χ4v) is 2.71. The summed E-state index contributed by atoms with van der Waals surface area (Å²) in [6, 6.07) is 13.7. The van der Waals surface area contributed by atoms with Gasteiger partial charge in [0.2, 0.25) is 5.91 Å². The summed E-state index contributed by atoms with van der Waals surface area (Å²) in [5.41, 5.74) is 6.26. The van der Waals surface area contributed by atoms with Crippen LogP contribution in [0.5, 0.6) is 0 Å². The van der Waals surface area contributed by atoms with Gasteiger partial charge in [-0.25, -0.2) is 0 Å². The molecule has 0 unspecified atom stereocenters. The third kappa shape index (κ3) is 7.74. The molecule has 3 amide bonds. The van der Waals surface area contributed by atoms with Gasteiger partial charge in [-0.05, 0) is 42.8 Å². The molecule has 2 aromatic carbocycles. The summed E-state index contributed by atoms with van der Waals surface area (Å²) in [6.07, 6.45) is -0.258. The molecule has 0 spiro atoms. The van der Waals surface area contributed by atoms with Gasteiger partial charge in [-0.15, -0.1) is 0 Å². The number of aryl methyl sites for hydroxylation is 1. The van der Waals surface area contributed by atoms with Gasteiger partial charge in [-0.2, -0.15) is 0 Å². The Labute approximate surface area is 176 Å². The number of carbonyl (C=O) groups is 4. The summed E-state index contributed by atoms with van der Waals surface area (Å²) in [6.45, 7) is 1.28. The number of anilines is 1. The van der Waals surface area contributed by atoms with Crippen LogP contribution in [0.3, 0.4) is 0 Å². The monoisotopic (exact) mass is 461 g/mol. The first-order chi connectivity index (χ1) is 13.8. The van der Waals surface area contributed by atoms with Crippen molar-refractivity contribution in [1.82, 2.24) is 10.9 Å². The maximum atomic E-state index is 11.9. The highest BCUT2D eigenvalue weighted by Crippen LogP contribution is 2.20. The molecule has 0 bridgehead atoms. The normalized spacial score (nSPS) is 10.0. The van der Waals surface area contributed by atoms with E-state index in [0.717, 1.165) is 10.0 Å². The molecule has 0 aliphatic carbocycles. The number of hydrogen-bond donors (Lipinski definition) is 3. The number of hydrogen-bond acceptors (Lipinski definition) is 5. The predicted octanol–water partition coefficient (Wildman–Crippen LogP) is 2.48. The Bertz CT molecular complexity index is 902. The highest BCUT2D eigenvalue weighted by atomic mass is 79.9. The second-order valence-electron chi connectivity index (χ2n) is 6.04. The first-order valence-electron chi connectivity index (χ1n) is 8.71. The maximum Gasteiger partial charge on any atom is 0.306 e. The number of amides is 3. The van der Waals surface area contributed by atoms with Gasteiger partial charge >= 0.3 is 5.97 Å². The van der Waals surface area contributed by atoms with Gasteiger partial charge in [0, 0.05) is 22.1 Å². The molecule has 0 aliphatic rings. The molecule has 0 atom stereocenters. The number of benzene rings is 2. The summed E-state index contributed by atoms with van der Waals surface area (Å²) in [4.78, 5) is 47.1. The van der Waals surface area contributed by atoms with Gasteiger partial charge in [0.1, 0.15) is 0 Å². The van der Waals surface area contributed by atoms with Crippen molar-refractivity contribution in [2.24, 2.45) is 0 Å². The molecule has 9 heteroatoms. The van der Waals surface area contributed by atoms with Crippen LogP contribution in [0.2, 0.25) is 0 Å². The van der Waals surface area contributed by atoms with E-state index in [0.29, 0.717) is 11.3 Å². The van der Waals surface area contributed by atoms with Gasteiger partial charge in [-0.1, -0.05) is 34.1 Å². The van der Waals surface area contributed by atoms with Gasteiger partial charge in [0.25, 0.3) is 11.8 Å². The van der Waals surface area contributed by atoms with E-state index in [1.54, 1.807) is 42.5 Å². The molecule has 0 fully saturated rings. The molecule has 2 rings (SSSR count). The van der Waals surface area contributed by atoms with E-state index < -0.39 is 24.4 Å². The van der Waals surface area contributed by atoms with E-state index in [4.69, 9.17) is 4.74 Å². The second kappa shape index (κ2) is 11.0. The molecular formula is C20H20BrN3O5. The molecule has 152 valence electrons. The van der Waals surface area contributed by atoms with Crippen molar-refractivity contribution in [3.8, 4) is 0 Å². The minimum absolute atomic E-state index is 0.0826. The lowest BCUT2D eigenvalue weighted by atomic mass is 10.2. The topological polar surface area (TPSA) is 114 Å². The quantitative estimate of drug-likeness (QED) is 0.432. The van der Waals surface area contributed by atoms with E-state index in [2.05, 4.69) is 32.1 Å². The SMILES string of the molecule is Cc1cc(Br)ccc1NC(=O)CCC(=O)OCC(=O)NNC(=O)c1ccccc1. The highest BCUT2D eigenvalue weighted by Gasteiger charge is 2.12. The zero-order valence-corrected chi connectivity index (χ0v) is 17.2. The Morgan fingerprint density at radius 3 is 2.34 bits per heavy atom. The van der Waals surface area contributed by atoms with Crippen LogP contribution in [0.25, 0.3) is 0 Å². The van der Waals surface area contributed by atoms with E-state index in [1.165, 1.54) is 0 Å². The van der Waals surface area contributed by atoms with Crippen molar-refractivity contribution in [1.29, 1.82) is 0 Å². The lowest BCUT2D eigenvalue weighted by Gasteiger charge is -2.09. The van der Waals surface area contributed by atoms with Gasteiger partial charge < -0.3 is 10.1 Å². The van der Waals surface area contributed by atoms with Crippen molar-refractivity contribution >= 4 is 45.3 Å². The number of ether oxygens (including phenoxy) is 1. The Kier molecular flexibility index (Phi) is 8.35. The van der Waals surface area contributed by atoms with E-state index in [9.17, 15) is 19.2 Å². The molecular weight excluding hydrogens is 442 g/mol. The molecule has 8 nitrogen and oxygen atoms in total. The molecule has 0 radical (unpaired) electrons. The zero-order chi connectivity index (χ0) is 21.2. The number of esters is 1. The Hall–Kier alpha value is -3.20. The van der Waals surface area contributed by atoms with Crippen molar-refractivity contribution < 1.29 is 23.9 Å². The average Bonchev–Trinajstić information content (AvgIpc) is 2.71. The summed E-state index contributed by atoms with van der Waals surface area (Å²) >= 11 is 3.34. The minimum atomic E-state index is -0.697. The second-order valence-corrected chi connectivity index (χ2v) is 6.95. The van der Waals surface area contributed by atoms with E-state index in [-0.39, 0.29) is 18.7 Å². The van der Waals surface area contributed by atoms with Crippen LogP contribution < -0.4 is 16.2 Å².